The second-order valence-electron chi connectivity index (χ2n) is 6.83. The normalized spacial score (nSPS) is 15.7. The van der Waals surface area contributed by atoms with Crippen molar-refractivity contribution < 1.29 is 9.21 Å². The summed E-state index contributed by atoms with van der Waals surface area (Å²) in [7, 11) is 0. The highest BCUT2D eigenvalue weighted by Crippen LogP contribution is 2.43. The van der Waals surface area contributed by atoms with E-state index in [1.807, 2.05) is 60.7 Å². The number of halogens is 2. The summed E-state index contributed by atoms with van der Waals surface area (Å²) in [5.74, 6) is 0.590. The molecule has 2 aromatic carbocycles. The van der Waals surface area contributed by atoms with Crippen LogP contribution in [0.3, 0.4) is 0 Å². The number of rotatable bonds is 4. The highest BCUT2D eigenvalue weighted by molar-refractivity contribution is 6.30. The van der Waals surface area contributed by atoms with Crippen molar-refractivity contribution in [2.24, 2.45) is 0 Å². The summed E-state index contributed by atoms with van der Waals surface area (Å²) in [5, 5.41) is 8.67. The van der Waals surface area contributed by atoms with Crippen LogP contribution in [0.5, 0.6) is 0 Å². The quantitative estimate of drug-likeness (QED) is 0.456. The van der Waals surface area contributed by atoms with E-state index in [0.29, 0.717) is 28.0 Å². The maximum atomic E-state index is 13.2. The number of fused-ring (bicyclic) bond motifs is 1. The van der Waals surface area contributed by atoms with Crippen molar-refractivity contribution in [1.29, 1.82) is 0 Å². The summed E-state index contributed by atoms with van der Waals surface area (Å²) < 4.78 is 5.50. The number of aromatic nitrogens is 2. The number of carbonyl (C=O) groups is 1. The molecule has 1 amide bonds. The topological polar surface area (TPSA) is 62.1 Å². The molecule has 1 unspecified atom stereocenters. The Morgan fingerprint density at radius 1 is 1.00 bits per heavy atom. The third-order valence-corrected chi connectivity index (χ3v) is 5.58. The predicted octanol–water partition coefficient (Wildman–Crippen LogP) is 5.72. The molecular formula is C22H15Cl2N3O2. The molecule has 1 aliphatic rings. The fourth-order valence-electron chi connectivity index (χ4n) is 3.75. The number of hydrogen-bond donors (Lipinski definition) is 1. The lowest BCUT2D eigenvalue weighted by Crippen LogP contribution is -2.28. The van der Waals surface area contributed by atoms with Crippen molar-refractivity contribution in [1.82, 2.24) is 15.1 Å². The van der Waals surface area contributed by atoms with E-state index in [1.165, 1.54) is 0 Å². The third kappa shape index (κ3) is 3.12. The second-order valence-corrected chi connectivity index (χ2v) is 7.71. The molecule has 4 aromatic rings. The van der Waals surface area contributed by atoms with Crippen molar-refractivity contribution in [3.8, 4) is 11.3 Å². The Balaban J connectivity index is 1.65. The lowest BCUT2D eigenvalue weighted by Gasteiger charge is -2.25. The summed E-state index contributed by atoms with van der Waals surface area (Å²) >= 11 is 12.1. The second kappa shape index (κ2) is 7.10. The van der Waals surface area contributed by atoms with Crippen LogP contribution in [0.15, 0.2) is 71.3 Å². The van der Waals surface area contributed by atoms with Crippen LogP contribution in [-0.4, -0.2) is 21.0 Å². The molecule has 2 aromatic heterocycles. The smallest absolute Gasteiger partial charge is 0.273 e. The summed E-state index contributed by atoms with van der Waals surface area (Å²) in [6.07, 6.45) is 1.60. The van der Waals surface area contributed by atoms with Gasteiger partial charge in [-0.2, -0.15) is 5.10 Å². The molecule has 0 bridgehead atoms. The van der Waals surface area contributed by atoms with Gasteiger partial charge in [0, 0.05) is 21.2 Å². The maximum Gasteiger partial charge on any atom is 0.273 e. The van der Waals surface area contributed by atoms with E-state index in [9.17, 15) is 4.79 Å². The lowest BCUT2D eigenvalue weighted by atomic mass is 9.96. The van der Waals surface area contributed by atoms with Crippen molar-refractivity contribution in [3.63, 3.8) is 0 Å². The standard InChI is InChI=1S/C22H15Cl2N3O2/c23-15-7-3-13(4-8-15)19-18-20(26-25-19)22(28)27(12-17-2-1-11-29-17)21(18)14-5-9-16(24)10-6-14/h1-11,21H,12H2,(H,25,26). The van der Waals surface area contributed by atoms with Crippen LogP contribution < -0.4 is 0 Å². The molecular weight excluding hydrogens is 409 g/mol. The number of benzene rings is 2. The van der Waals surface area contributed by atoms with E-state index >= 15 is 0 Å². The molecule has 1 atom stereocenters. The van der Waals surface area contributed by atoms with Crippen LogP contribution in [0.2, 0.25) is 10.0 Å². The number of furan rings is 1. The Bertz CT molecular complexity index is 1170. The first-order chi connectivity index (χ1) is 14.1. The highest BCUT2D eigenvalue weighted by Gasteiger charge is 2.42. The molecule has 0 fully saturated rings. The van der Waals surface area contributed by atoms with Crippen LogP contribution in [0.1, 0.15) is 33.4 Å². The molecule has 0 radical (unpaired) electrons. The number of carbonyl (C=O) groups excluding carboxylic acids is 1. The van der Waals surface area contributed by atoms with Gasteiger partial charge in [0.1, 0.15) is 11.5 Å². The molecule has 29 heavy (non-hydrogen) atoms. The van der Waals surface area contributed by atoms with Gasteiger partial charge < -0.3 is 9.32 Å². The summed E-state index contributed by atoms with van der Waals surface area (Å²) in [6.45, 7) is 0.349. The summed E-state index contributed by atoms with van der Waals surface area (Å²) in [6, 6.07) is 18.3. The molecule has 0 aliphatic carbocycles. The largest absolute Gasteiger partial charge is 0.467 e. The van der Waals surface area contributed by atoms with Gasteiger partial charge in [-0.1, -0.05) is 47.5 Å². The van der Waals surface area contributed by atoms with Gasteiger partial charge in [0.2, 0.25) is 0 Å². The Labute approximate surface area is 176 Å². The zero-order chi connectivity index (χ0) is 20.0. The van der Waals surface area contributed by atoms with Crippen molar-refractivity contribution >= 4 is 29.1 Å². The first kappa shape index (κ1) is 18.0. The number of H-pyrrole nitrogens is 1. The molecule has 5 rings (SSSR count). The van der Waals surface area contributed by atoms with Crippen LogP contribution >= 0.6 is 23.2 Å². The molecule has 144 valence electrons. The molecule has 5 nitrogen and oxygen atoms in total. The predicted molar refractivity (Wildman–Crippen MR) is 111 cm³/mol. The van der Waals surface area contributed by atoms with Crippen LogP contribution in [0.4, 0.5) is 0 Å². The van der Waals surface area contributed by atoms with E-state index in [1.54, 1.807) is 11.2 Å². The van der Waals surface area contributed by atoms with E-state index in [4.69, 9.17) is 27.6 Å². The van der Waals surface area contributed by atoms with Gasteiger partial charge in [0.15, 0.2) is 0 Å². The third-order valence-electron chi connectivity index (χ3n) is 5.07. The summed E-state index contributed by atoms with van der Waals surface area (Å²) in [4.78, 5) is 15.0. The van der Waals surface area contributed by atoms with Crippen LogP contribution in [-0.2, 0) is 6.54 Å². The van der Waals surface area contributed by atoms with Gasteiger partial charge in [-0.25, -0.2) is 0 Å². The van der Waals surface area contributed by atoms with Crippen molar-refractivity contribution in [2.75, 3.05) is 0 Å². The first-order valence-corrected chi connectivity index (χ1v) is 9.80. The average Bonchev–Trinajstić information content (AvgIpc) is 3.44. The fourth-order valence-corrected chi connectivity index (χ4v) is 4.00. The molecule has 3 heterocycles. The SMILES string of the molecule is O=C1c2[nH]nc(-c3ccc(Cl)cc3)c2C(c2ccc(Cl)cc2)N1Cc1ccco1. The van der Waals surface area contributed by atoms with Crippen LogP contribution in [0, 0.1) is 0 Å². The first-order valence-electron chi connectivity index (χ1n) is 9.05. The lowest BCUT2D eigenvalue weighted by molar-refractivity contribution is 0.0717. The van der Waals surface area contributed by atoms with Gasteiger partial charge >= 0.3 is 0 Å². The zero-order valence-corrected chi connectivity index (χ0v) is 16.6. The number of hydrogen-bond acceptors (Lipinski definition) is 3. The van der Waals surface area contributed by atoms with Crippen molar-refractivity contribution in [3.05, 3.63) is 99.6 Å². The minimum Gasteiger partial charge on any atom is -0.467 e. The minimum absolute atomic E-state index is 0.121. The van der Waals surface area contributed by atoms with Crippen molar-refractivity contribution in [2.45, 2.75) is 12.6 Å². The van der Waals surface area contributed by atoms with E-state index in [2.05, 4.69) is 10.2 Å². The van der Waals surface area contributed by atoms with Gasteiger partial charge in [-0.15, -0.1) is 0 Å². The minimum atomic E-state index is -0.315. The molecule has 0 spiro atoms. The van der Waals surface area contributed by atoms with Gasteiger partial charge in [-0.3, -0.25) is 9.89 Å². The van der Waals surface area contributed by atoms with Gasteiger partial charge in [0.05, 0.1) is 24.5 Å². The monoisotopic (exact) mass is 423 g/mol. The van der Waals surface area contributed by atoms with Gasteiger partial charge in [-0.05, 0) is 42.0 Å². The molecule has 0 saturated carbocycles. The number of nitrogens with zero attached hydrogens (tertiary/aromatic N) is 2. The molecule has 7 heteroatoms. The zero-order valence-electron chi connectivity index (χ0n) is 15.1. The molecule has 1 aliphatic heterocycles. The Hall–Kier alpha value is -3.02. The highest BCUT2D eigenvalue weighted by atomic mass is 35.5. The van der Waals surface area contributed by atoms with E-state index in [0.717, 1.165) is 22.4 Å². The number of nitrogens with one attached hydrogen (secondary N) is 1. The molecule has 0 saturated heterocycles. The van der Waals surface area contributed by atoms with Gasteiger partial charge in [0.25, 0.3) is 5.91 Å². The number of aromatic amines is 1. The maximum absolute atomic E-state index is 13.2. The molecule has 1 N–H and O–H groups in total. The van der Waals surface area contributed by atoms with E-state index < -0.39 is 0 Å². The Morgan fingerprint density at radius 3 is 2.34 bits per heavy atom. The van der Waals surface area contributed by atoms with Crippen LogP contribution in [0.25, 0.3) is 11.3 Å². The Morgan fingerprint density at radius 2 is 1.69 bits per heavy atom. The Kier molecular flexibility index (Phi) is 4.42. The summed E-state index contributed by atoms with van der Waals surface area (Å²) in [5.41, 5.74) is 3.89. The number of amides is 1. The van der Waals surface area contributed by atoms with E-state index in [-0.39, 0.29) is 11.9 Å². The average molecular weight is 424 g/mol. The fraction of sp³-hybridized carbons (Fsp3) is 0.0909.